The second-order valence-corrected chi connectivity index (χ2v) is 9.00. The van der Waals surface area contributed by atoms with Crippen molar-refractivity contribution in [1.82, 2.24) is 9.80 Å². The molecule has 0 radical (unpaired) electrons. The summed E-state index contributed by atoms with van der Waals surface area (Å²) in [6.07, 6.45) is 2.29. The molecule has 2 aliphatic rings. The van der Waals surface area contributed by atoms with Crippen molar-refractivity contribution in [1.29, 1.82) is 0 Å². The molecule has 2 fully saturated rings. The normalized spacial score (nSPS) is 19.6. The second kappa shape index (κ2) is 9.03. The summed E-state index contributed by atoms with van der Waals surface area (Å²) in [4.78, 5) is 19.1. The lowest BCUT2D eigenvalue weighted by atomic mass is 9.95. The van der Waals surface area contributed by atoms with Crippen molar-refractivity contribution in [2.75, 3.05) is 63.1 Å². The van der Waals surface area contributed by atoms with Crippen LogP contribution >= 0.6 is 0 Å². The Bertz CT molecular complexity index is 642. The molecule has 0 atom stereocenters. The average Bonchev–Trinajstić information content (AvgIpc) is 2.68. The van der Waals surface area contributed by atoms with Gasteiger partial charge in [0.15, 0.2) is 0 Å². The number of nitrogens with one attached hydrogen (secondary N) is 1. The molecule has 0 aliphatic carbocycles. The molecule has 0 spiro atoms. The number of rotatable bonds is 4. The van der Waals surface area contributed by atoms with Crippen LogP contribution in [0.2, 0.25) is 0 Å². The van der Waals surface area contributed by atoms with E-state index in [4.69, 9.17) is 4.74 Å². The SMILES string of the molecule is CNc1cccc(N2CCC(CN3CCN(C(=O)OC(C)(C)C)CC3)CC2)c1. The molecule has 6 nitrogen and oxygen atoms in total. The third-order valence-corrected chi connectivity index (χ3v) is 5.65. The molecular weight excluding hydrogens is 352 g/mol. The Labute approximate surface area is 169 Å². The fraction of sp³-hybridized carbons (Fsp3) is 0.682. The Kier molecular flexibility index (Phi) is 6.70. The lowest BCUT2D eigenvalue weighted by Gasteiger charge is -2.39. The summed E-state index contributed by atoms with van der Waals surface area (Å²) >= 11 is 0. The lowest BCUT2D eigenvalue weighted by Crippen LogP contribution is -2.51. The number of nitrogens with zero attached hydrogens (tertiary/aromatic N) is 3. The molecule has 156 valence electrons. The highest BCUT2D eigenvalue weighted by Gasteiger charge is 2.28. The van der Waals surface area contributed by atoms with Crippen molar-refractivity contribution >= 4 is 17.5 Å². The van der Waals surface area contributed by atoms with Gasteiger partial charge in [-0.1, -0.05) is 6.07 Å². The van der Waals surface area contributed by atoms with E-state index in [-0.39, 0.29) is 6.09 Å². The standard InChI is InChI=1S/C22H36N4O2/c1-22(2,3)28-21(27)26-14-12-24(13-15-26)17-18-8-10-25(11-9-18)20-7-5-6-19(16-20)23-4/h5-7,16,18,23H,8-15,17H2,1-4H3. The Hall–Kier alpha value is -1.95. The number of hydrogen-bond donors (Lipinski definition) is 1. The number of carbonyl (C=O) groups is 1. The van der Waals surface area contributed by atoms with Gasteiger partial charge in [0.05, 0.1) is 0 Å². The highest BCUT2D eigenvalue weighted by molar-refractivity contribution is 5.68. The van der Waals surface area contributed by atoms with Gasteiger partial charge in [-0.15, -0.1) is 0 Å². The fourth-order valence-corrected chi connectivity index (χ4v) is 4.04. The second-order valence-electron chi connectivity index (χ2n) is 9.00. The highest BCUT2D eigenvalue weighted by atomic mass is 16.6. The summed E-state index contributed by atoms with van der Waals surface area (Å²) in [7, 11) is 1.97. The van der Waals surface area contributed by atoms with E-state index in [2.05, 4.69) is 39.4 Å². The first kappa shape index (κ1) is 20.8. The summed E-state index contributed by atoms with van der Waals surface area (Å²) in [5, 5.41) is 3.22. The third kappa shape index (κ3) is 5.77. The van der Waals surface area contributed by atoms with Crippen LogP contribution < -0.4 is 10.2 Å². The Balaban J connectivity index is 1.40. The van der Waals surface area contributed by atoms with Gasteiger partial charge >= 0.3 is 6.09 Å². The molecule has 0 unspecified atom stereocenters. The van der Waals surface area contributed by atoms with Gasteiger partial charge < -0.3 is 19.9 Å². The van der Waals surface area contributed by atoms with E-state index in [1.54, 1.807) is 0 Å². The number of ether oxygens (including phenoxy) is 1. The number of hydrogen-bond acceptors (Lipinski definition) is 5. The fourth-order valence-electron chi connectivity index (χ4n) is 4.04. The summed E-state index contributed by atoms with van der Waals surface area (Å²) in [5.74, 6) is 0.747. The van der Waals surface area contributed by atoms with Crippen LogP contribution in [-0.4, -0.2) is 74.4 Å². The van der Waals surface area contributed by atoms with E-state index in [0.717, 1.165) is 51.7 Å². The summed E-state index contributed by atoms with van der Waals surface area (Å²) in [6.45, 7) is 12.6. The zero-order valence-electron chi connectivity index (χ0n) is 17.9. The topological polar surface area (TPSA) is 48.0 Å². The number of amides is 1. The Morgan fingerprint density at radius 3 is 2.39 bits per heavy atom. The number of piperazine rings is 1. The first-order valence-electron chi connectivity index (χ1n) is 10.6. The maximum atomic E-state index is 12.2. The molecular formula is C22H36N4O2. The Morgan fingerprint density at radius 1 is 1.11 bits per heavy atom. The highest BCUT2D eigenvalue weighted by Crippen LogP contribution is 2.26. The molecule has 28 heavy (non-hydrogen) atoms. The third-order valence-electron chi connectivity index (χ3n) is 5.65. The summed E-state index contributed by atoms with van der Waals surface area (Å²) < 4.78 is 5.49. The molecule has 1 aromatic carbocycles. The quantitative estimate of drug-likeness (QED) is 0.855. The van der Waals surface area contributed by atoms with Gasteiger partial charge in [0, 0.05) is 64.2 Å². The van der Waals surface area contributed by atoms with Crippen molar-refractivity contribution in [3.05, 3.63) is 24.3 Å². The number of benzene rings is 1. The van der Waals surface area contributed by atoms with E-state index in [1.807, 2.05) is 32.7 Å². The van der Waals surface area contributed by atoms with Crippen LogP contribution in [0.1, 0.15) is 33.6 Å². The molecule has 3 rings (SSSR count). The van der Waals surface area contributed by atoms with Gasteiger partial charge in [0.2, 0.25) is 0 Å². The largest absolute Gasteiger partial charge is 0.444 e. The predicted octanol–water partition coefficient (Wildman–Crippen LogP) is 3.50. The average molecular weight is 389 g/mol. The first-order valence-corrected chi connectivity index (χ1v) is 10.6. The van der Waals surface area contributed by atoms with E-state index in [9.17, 15) is 4.79 Å². The summed E-state index contributed by atoms with van der Waals surface area (Å²) in [5.41, 5.74) is 2.06. The molecule has 1 aromatic rings. The van der Waals surface area contributed by atoms with Crippen molar-refractivity contribution in [2.24, 2.45) is 5.92 Å². The lowest BCUT2D eigenvalue weighted by molar-refractivity contribution is 0.0130. The molecule has 6 heteroatoms. The van der Waals surface area contributed by atoms with Crippen LogP contribution in [0, 0.1) is 5.92 Å². The van der Waals surface area contributed by atoms with Crippen LogP contribution in [0.4, 0.5) is 16.2 Å². The number of anilines is 2. The maximum Gasteiger partial charge on any atom is 0.410 e. The molecule has 1 amide bonds. The minimum absolute atomic E-state index is 0.177. The van der Waals surface area contributed by atoms with Crippen LogP contribution in [-0.2, 0) is 4.74 Å². The smallest absolute Gasteiger partial charge is 0.410 e. The first-order chi connectivity index (χ1) is 13.3. The van der Waals surface area contributed by atoms with Gasteiger partial charge in [-0.3, -0.25) is 4.90 Å². The van der Waals surface area contributed by atoms with Crippen molar-refractivity contribution in [3.63, 3.8) is 0 Å². The number of piperidine rings is 1. The number of carbonyl (C=O) groups excluding carboxylic acids is 1. The molecule has 2 saturated heterocycles. The van der Waals surface area contributed by atoms with Crippen LogP contribution in [0.15, 0.2) is 24.3 Å². The maximum absolute atomic E-state index is 12.2. The van der Waals surface area contributed by atoms with Gasteiger partial charge in [-0.05, 0) is 57.7 Å². The van der Waals surface area contributed by atoms with E-state index < -0.39 is 5.60 Å². The van der Waals surface area contributed by atoms with Gasteiger partial charge in [-0.2, -0.15) is 0 Å². The minimum Gasteiger partial charge on any atom is -0.444 e. The van der Waals surface area contributed by atoms with Crippen molar-refractivity contribution in [2.45, 2.75) is 39.2 Å². The Morgan fingerprint density at radius 2 is 1.79 bits per heavy atom. The van der Waals surface area contributed by atoms with Gasteiger partial charge in [0.1, 0.15) is 5.60 Å². The minimum atomic E-state index is -0.422. The molecule has 0 aromatic heterocycles. The van der Waals surface area contributed by atoms with Gasteiger partial charge in [-0.25, -0.2) is 4.79 Å². The molecule has 2 aliphatic heterocycles. The van der Waals surface area contributed by atoms with E-state index >= 15 is 0 Å². The van der Waals surface area contributed by atoms with Crippen molar-refractivity contribution < 1.29 is 9.53 Å². The van der Waals surface area contributed by atoms with Crippen molar-refractivity contribution in [3.8, 4) is 0 Å². The van der Waals surface area contributed by atoms with Crippen LogP contribution in [0.3, 0.4) is 0 Å². The zero-order chi connectivity index (χ0) is 20.1. The zero-order valence-corrected chi connectivity index (χ0v) is 17.9. The monoisotopic (exact) mass is 388 g/mol. The molecule has 0 bridgehead atoms. The van der Waals surface area contributed by atoms with E-state index in [1.165, 1.54) is 24.2 Å². The van der Waals surface area contributed by atoms with Crippen LogP contribution in [0.5, 0.6) is 0 Å². The predicted molar refractivity (Wildman–Crippen MR) is 115 cm³/mol. The van der Waals surface area contributed by atoms with E-state index in [0.29, 0.717) is 0 Å². The molecule has 1 N–H and O–H groups in total. The molecule has 2 heterocycles. The van der Waals surface area contributed by atoms with Crippen LogP contribution in [0.25, 0.3) is 0 Å². The van der Waals surface area contributed by atoms with Gasteiger partial charge in [0.25, 0.3) is 0 Å². The summed E-state index contributed by atoms with van der Waals surface area (Å²) in [6, 6.07) is 8.66. The molecule has 0 saturated carbocycles.